The molecule has 0 aromatic heterocycles. The van der Waals surface area contributed by atoms with Crippen LogP contribution in [0, 0.1) is 5.92 Å². The number of carbonyl (C=O) groups excluding carboxylic acids is 1. The Morgan fingerprint density at radius 2 is 2.29 bits per heavy atom. The van der Waals surface area contributed by atoms with Crippen LogP contribution in [-0.2, 0) is 9.53 Å². The summed E-state index contributed by atoms with van der Waals surface area (Å²) in [5.41, 5.74) is 5.46. The zero-order chi connectivity index (χ0) is 10.6. The van der Waals surface area contributed by atoms with Gasteiger partial charge in [-0.05, 0) is 18.8 Å². The molecule has 2 unspecified atom stereocenters. The Morgan fingerprint density at radius 1 is 1.57 bits per heavy atom. The van der Waals surface area contributed by atoms with Gasteiger partial charge in [0.2, 0.25) is 5.91 Å². The van der Waals surface area contributed by atoms with Crippen LogP contribution < -0.4 is 11.1 Å². The maximum Gasteiger partial charge on any atom is 0.249 e. The average Bonchev–Trinajstić information content (AvgIpc) is 2.62. The Labute approximate surface area is 85.2 Å². The third-order valence-electron chi connectivity index (χ3n) is 2.35. The van der Waals surface area contributed by atoms with Crippen molar-refractivity contribution >= 4 is 5.91 Å². The molecule has 0 spiro atoms. The predicted octanol–water partition coefficient (Wildman–Crippen LogP) is 0.265. The molecule has 3 N–H and O–H groups in total. The van der Waals surface area contributed by atoms with Crippen LogP contribution in [0.15, 0.2) is 0 Å². The molecular formula is C10H20N2O2. The van der Waals surface area contributed by atoms with Crippen LogP contribution in [-0.4, -0.2) is 31.2 Å². The number of amides is 1. The molecular weight excluding hydrogens is 180 g/mol. The van der Waals surface area contributed by atoms with Gasteiger partial charge in [-0.3, -0.25) is 4.79 Å². The van der Waals surface area contributed by atoms with Crippen molar-refractivity contribution in [1.29, 1.82) is 0 Å². The summed E-state index contributed by atoms with van der Waals surface area (Å²) in [5, 5.41) is 2.86. The van der Waals surface area contributed by atoms with E-state index < -0.39 is 0 Å². The number of nitrogens with one attached hydrogen (secondary N) is 1. The van der Waals surface area contributed by atoms with E-state index in [-0.39, 0.29) is 18.1 Å². The molecule has 0 aliphatic carbocycles. The van der Waals surface area contributed by atoms with Gasteiger partial charge < -0.3 is 15.8 Å². The maximum atomic E-state index is 11.5. The summed E-state index contributed by atoms with van der Waals surface area (Å²) in [6.45, 7) is 5.36. The van der Waals surface area contributed by atoms with E-state index in [0.717, 1.165) is 12.8 Å². The number of rotatable bonds is 4. The van der Waals surface area contributed by atoms with Crippen LogP contribution in [0.2, 0.25) is 0 Å². The lowest BCUT2D eigenvalue weighted by molar-refractivity contribution is -0.131. The highest BCUT2D eigenvalue weighted by molar-refractivity contribution is 5.80. The first-order valence-corrected chi connectivity index (χ1v) is 5.26. The molecule has 0 saturated carbocycles. The highest BCUT2D eigenvalue weighted by Gasteiger charge is 2.29. The molecule has 1 fully saturated rings. The minimum absolute atomic E-state index is 0.00894. The molecule has 0 aromatic carbocycles. The molecule has 14 heavy (non-hydrogen) atoms. The second-order valence-electron chi connectivity index (χ2n) is 4.20. The van der Waals surface area contributed by atoms with Gasteiger partial charge in [0.1, 0.15) is 6.10 Å². The van der Waals surface area contributed by atoms with E-state index in [1.165, 1.54) is 0 Å². The summed E-state index contributed by atoms with van der Waals surface area (Å²) < 4.78 is 5.47. The van der Waals surface area contributed by atoms with Gasteiger partial charge in [0.25, 0.3) is 0 Å². The van der Waals surface area contributed by atoms with Crippen molar-refractivity contribution in [3.05, 3.63) is 0 Å². The van der Waals surface area contributed by atoms with Crippen LogP contribution in [0.25, 0.3) is 0 Å². The fourth-order valence-corrected chi connectivity index (χ4v) is 1.49. The van der Waals surface area contributed by atoms with Gasteiger partial charge in [-0.2, -0.15) is 0 Å². The van der Waals surface area contributed by atoms with E-state index in [9.17, 15) is 4.79 Å². The average molecular weight is 200 g/mol. The van der Waals surface area contributed by atoms with Crippen molar-refractivity contribution in [3.8, 4) is 0 Å². The molecule has 2 atom stereocenters. The summed E-state index contributed by atoms with van der Waals surface area (Å²) in [6.07, 6.45) is 1.49. The van der Waals surface area contributed by atoms with Crippen LogP contribution in [0.1, 0.15) is 26.7 Å². The molecule has 0 bridgehead atoms. The zero-order valence-corrected chi connectivity index (χ0v) is 8.95. The van der Waals surface area contributed by atoms with Gasteiger partial charge in [-0.15, -0.1) is 0 Å². The number of hydrogen-bond donors (Lipinski definition) is 2. The molecule has 0 radical (unpaired) electrons. The Bertz CT molecular complexity index is 195. The lowest BCUT2D eigenvalue weighted by atomic mass is 10.2. The van der Waals surface area contributed by atoms with Gasteiger partial charge in [-0.1, -0.05) is 13.8 Å². The molecule has 4 heteroatoms. The smallest absolute Gasteiger partial charge is 0.249 e. The second-order valence-corrected chi connectivity index (χ2v) is 4.20. The molecule has 1 heterocycles. The van der Waals surface area contributed by atoms with Gasteiger partial charge in [0.05, 0.1) is 6.10 Å². The van der Waals surface area contributed by atoms with Crippen LogP contribution in [0.5, 0.6) is 0 Å². The first-order valence-electron chi connectivity index (χ1n) is 5.26. The van der Waals surface area contributed by atoms with Gasteiger partial charge in [0, 0.05) is 13.1 Å². The van der Waals surface area contributed by atoms with Crippen molar-refractivity contribution in [1.82, 2.24) is 5.32 Å². The van der Waals surface area contributed by atoms with Crippen molar-refractivity contribution < 1.29 is 9.53 Å². The largest absolute Gasteiger partial charge is 0.364 e. The summed E-state index contributed by atoms with van der Waals surface area (Å²) >= 11 is 0. The topological polar surface area (TPSA) is 64.4 Å². The molecule has 0 aromatic rings. The number of carbonyl (C=O) groups is 1. The highest BCUT2D eigenvalue weighted by Crippen LogP contribution is 2.18. The normalized spacial score (nSPS) is 26.9. The van der Waals surface area contributed by atoms with E-state index >= 15 is 0 Å². The number of hydrogen-bond acceptors (Lipinski definition) is 3. The van der Waals surface area contributed by atoms with Crippen molar-refractivity contribution in [2.45, 2.75) is 38.9 Å². The molecule has 1 saturated heterocycles. The minimum Gasteiger partial charge on any atom is -0.364 e. The third kappa shape index (κ3) is 3.27. The standard InChI is InChI=1S/C10H20N2O2/c1-7(2)6-12-10(13)9-4-3-8(5-11)14-9/h7-9H,3-6,11H2,1-2H3,(H,12,13). The lowest BCUT2D eigenvalue weighted by Gasteiger charge is -2.13. The fraction of sp³-hybridized carbons (Fsp3) is 0.900. The summed E-state index contributed by atoms with van der Waals surface area (Å²) in [4.78, 5) is 11.5. The minimum atomic E-state index is -0.276. The van der Waals surface area contributed by atoms with Crippen molar-refractivity contribution in [3.63, 3.8) is 0 Å². The van der Waals surface area contributed by atoms with Crippen LogP contribution in [0.3, 0.4) is 0 Å². The Hall–Kier alpha value is -0.610. The van der Waals surface area contributed by atoms with E-state index in [2.05, 4.69) is 19.2 Å². The summed E-state index contributed by atoms with van der Waals surface area (Å²) in [6, 6.07) is 0. The molecule has 82 valence electrons. The monoisotopic (exact) mass is 200 g/mol. The quantitative estimate of drug-likeness (QED) is 0.684. The van der Waals surface area contributed by atoms with E-state index in [1.54, 1.807) is 0 Å². The number of nitrogens with two attached hydrogens (primary N) is 1. The first-order chi connectivity index (χ1) is 6.63. The van der Waals surface area contributed by atoms with Gasteiger partial charge in [0.15, 0.2) is 0 Å². The maximum absolute atomic E-state index is 11.5. The van der Waals surface area contributed by atoms with Gasteiger partial charge >= 0.3 is 0 Å². The Kier molecular flexibility index (Phi) is 4.35. The fourth-order valence-electron chi connectivity index (χ4n) is 1.49. The lowest BCUT2D eigenvalue weighted by Crippen LogP contribution is -2.37. The zero-order valence-electron chi connectivity index (χ0n) is 8.95. The Morgan fingerprint density at radius 3 is 2.79 bits per heavy atom. The van der Waals surface area contributed by atoms with E-state index in [0.29, 0.717) is 19.0 Å². The predicted molar refractivity (Wildman–Crippen MR) is 54.8 cm³/mol. The van der Waals surface area contributed by atoms with E-state index in [4.69, 9.17) is 10.5 Å². The summed E-state index contributed by atoms with van der Waals surface area (Å²) in [7, 11) is 0. The summed E-state index contributed by atoms with van der Waals surface area (Å²) in [5.74, 6) is 0.486. The first kappa shape index (κ1) is 11.5. The highest BCUT2D eigenvalue weighted by atomic mass is 16.5. The molecule has 1 rings (SSSR count). The third-order valence-corrected chi connectivity index (χ3v) is 2.35. The van der Waals surface area contributed by atoms with Crippen molar-refractivity contribution in [2.75, 3.05) is 13.1 Å². The molecule has 1 aliphatic heterocycles. The molecule has 1 amide bonds. The molecule has 1 aliphatic rings. The van der Waals surface area contributed by atoms with Crippen LogP contribution in [0.4, 0.5) is 0 Å². The molecule has 4 nitrogen and oxygen atoms in total. The SMILES string of the molecule is CC(C)CNC(=O)C1CCC(CN)O1. The van der Waals surface area contributed by atoms with Gasteiger partial charge in [-0.25, -0.2) is 0 Å². The van der Waals surface area contributed by atoms with Crippen molar-refractivity contribution in [2.24, 2.45) is 11.7 Å². The van der Waals surface area contributed by atoms with E-state index in [1.807, 2.05) is 0 Å². The van der Waals surface area contributed by atoms with Crippen LogP contribution >= 0.6 is 0 Å². The second kappa shape index (κ2) is 5.32. The number of ether oxygens (including phenoxy) is 1. The Balaban J connectivity index is 2.25.